The lowest BCUT2D eigenvalue weighted by Crippen LogP contribution is -2.40. The number of halogens is 1. The maximum atomic E-state index is 13.6. The Balaban J connectivity index is 1.51. The second-order valence-electron chi connectivity index (χ2n) is 6.18. The average Bonchev–Trinajstić information content (AvgIpc) is 2.65. The van der Waals surface area contributed by atoms with Crippen molar-refractivity contribution >= 4 is 16.8 Å². The molecule has 0 saturated carbocycles. The lowest BCUT2D eigenvalue weighted by Gasteiger charge is -2.26. The molecule has 26 heavy (non-hydrogen) atoms. The number of pyridine rings is 1. The van der Waals surface area contributed by atoms with Crippen LogP contribution in [0.2, 0.25) is 0 Å². The van der Waals surface area contributed by atoms with Gasteiger partial charge in [-0.3, -0.25) is 9.78 Å². The summed E-state index contributed by atoms with van der Waals surface area (Å²) in [5.41, 5.74) is 1.67. The van der Waals surface area contributed by atoms with Crippen LogP contribution in [0.1, 0.15) is 16.1 Å². The van der Waals surface area contributed by atoms with Crippen LogP contribution >= 0.6 is 0 Å². The number of amides is 1. The number of para-hydroxylation sites is 2. The van der Waals surface area contributed by atoms with Crippen LogP contribution in [0.5, 0.6) is 11.5 Å². The van der Waals surface area contributed by atoms with Crippen molar-refractivity contribution in [3.8, 4) is 11.5 Å². The first-order valence-corrected chi connectivity index (χ1v) is 8.34. The summed E-state index contributed by atoms with van der Waals surface area (Å²) in [4.78, 5) is 17.0. The first kappa shape index (κ1) is 16.3. The van der Waals surface area contributed by atoms with Crippen molar-refractivity contribution in [3.63, 3.8) is 0 Å². The molecule has 1 N–H and O–H groups in total. The van der Waals surface area contributed by atoms with Gasteiger partial charge in [0.1, 0.15) is 18.5 Å². The second-order valence-corrected chi connectivity index (χ2v) is 6.18. The third-order valence-electron chi connectivity index (χ3n) is 4.20. The molecule has 6 heteroatoms. The summed E-state index contributed by atoms with van der Waals surface area (Å²) in [7, 11) is 0. The summed E-state index contributed by atoms with van der Waals surface area (Å²) in [6, 6.07) is 13.3. The van der Waals surface area contributed by atoms with Gasteiger partial charge in [-0.1, -0.05) is 12.1 Å². The Kier molecular flexibility index (Phi) is 4.16. The zero-order chi connectivity index (χ0) is 18.1. The van der Waals surface area contributed by atoms with Crippen LogP contribution in [0.15, 0.2) is 48.5 Å². The van der Waals surface area contributed by atoms with E-state index in [0.717, 1.165) is 0 Å². The monoisotopic (exact) mass is 352 g/mol. The molecule has 1 aliphatic rings. The van der Waals surface area contributed by atoms with Gasteiger partial charge in [0, 0.05) is 11.1 Å². The van der Waals surface area contributed by atoms with Gasteiger partial charge in [0.15, 0.2) is 11.5 Å². The van der Waals surface area contributed by atoms with E-state index < -0.39 is 5.82 Å². The van der Waals surface area contributed by atoms with E-state index in [1.165, 1.54) is 12.1 Å². The summed E-state index contributed by atoms with van der Waals surface area (Å²) in [6.07, 6.45) is -0.292. The zero-order valence-electron chi connectivity index (χ0n) is 14.2. The Labute approximate surface area is 149 Å². The highest BCUT2D eigenvalue weighted by Crippen LogP contribution is 2.30. The third kappa shape index (κ3) is 3.18. The Hall–Kier alpha value is -3.15. The second kappa shape index (κ2) is 6.63. The molecule has 3 aromatic rings. The van der Waals surface area contributed by atoms with Crippen LogP contribution in [0.25, 0.3) is 10.9 Å². The number of carbonyl (C=O) groups is 1. The van der Waals surface area contributed by atoms with Crippen LogP contribution in [-0.2, 0) is 0 Å². The quantitative estimate of drug-likeness (QED) is 0.786. The van der Waals surface area contributed by atoms with Gasteiger partial charge in [0.05, 0.1) is 17.6 Å². The summed E-state index contributed by atoms with van der Waals surface area (Å²) < 4.78 is 25.1. The van der Waals surface area contributed by atoms with E-state index in [2.05, 4.69) is 10.3 Å². The number of ether oxygens (including phenoxy) is 2. The summed E-state index contributed by atoms with van der Waals surface area (Å²) in [5.74, 6) is 0.651. The van der Waals surface area contributed by atoms with E-state index in [1.807, 2.05) is 24.3 Å². The van der Waals surface area contributed by atoms with Crippen LogP contribution in [0.4, 0.5) is 4.39 Å². The van der Waals surface area contributed by atoms with Gasteiger partial charge in [-0.2, -0.15) is 0 Å². The fourth-order valence-corrected chi connectivity index (χ4v) is 2.98. The highest BCUT2D eigenvalue weighted by Gasteiger charge is 2.22. The molecule has 1 unspecified atom stereocenters. The molecule has 0 fully saturated rings. The molecule has 0 bridgehead atoms. The van der Waals surface area contributed by atoms with E-state index in [0.29, 0.717) is 40.3 Å². The predicted octanol–water partition coefficient (Wildman–Crippen LogP) is 3.25. The van der Waals surface area contributed by atoms with Crippen LogP contribution in [-0.4, -0.2) is 30.1 Å². The van der Waals surface area contributed by atoms with Gasteiger partial charge >= 0.3 is 0 Å². The molecule has 0 spiro atoms. The number of fused-ring (bicyclic) bond motifs is 2. The number of benzene rings is 2. The number of rotatable bonds is 3. The molecule has 1 amide bonds. The maximum Gasteiger partial charge on any atom is 0.252 e. The number of aromatic nitrogens is 1. The average molecular weight is 352 g/mol. The molecule has 1 aliphatic heterocycles. The Morgan fingerprint density at radius 3 is 2.88 bits per heavy atom. The minimum absolute atomic E-state index is 0.283. The lowest BCUT2D eigenvalue weighted by atomic mass is 10.1. The Morgan fingerprint density at radius 1 is 1.23 bits per heavy atom. The standard InChI is InChI=1S/C20H17FN2O3/c1-12-8-16(15-9-13(21)6-7-17(15)23-12)20(24)22-10-14-11-25-18-4-2-3-5-19(18)26-14/h2-9,14H,10-11H2,1H3,(H,22,24). The first-order chi connectivity index (χ1) is 12.6. The van der Waals surface area contributed by atoms with Crippen molar-refractivity contribution in [1.29, 1.82) is 0 Å². The van der Waals surface area contributed by atoms with Gasteiger partial charge in [-0.05, 0) is 43.3 Å². The van der Waals surface area contributed by atoms with E-state index >= 15 is 0 Å². The van der Waals surface area contributed by atoms with Gasteiger partial charge in [0.25, 0.3) is 5.91 Å². The molecular weight excluding hydrogens is 335 g/mol. The molecule has 1 atom stereocenters. The van der Waals surface area contributed by atoms with Gasteiger partial charge in [0.2, 0.25) is 0 Å². The summed E-state index contributed by atoms with van der Waals surface area (Å²) in [5, 5.41) is 3.33. The topological polar surface area (TPSA) is 60.5 Å². The van der Waals surface area contributed by atoms with Gasteiger partial charge in [-0.15, -0.1) is 0 Å². The molecular formula is C20H17FN2O3. The van der Waals surface area contributed by atoms with Crippen molar-refractivity contribution in [3.05, 3.63) is 65.6 Å². The number of carbonyl (C=O) groups excluding carboxylic acids is 1. The number of hydrogen-bond donors (Lipinski definition) is 1. The fraction of sp³-hybridized carbons (Fsp3) is 0.200. The van der Waals surface area contributed by atoms with Crippen molar-refractivity contribution in [1.82, 2.24) is 10.3 Å². The van der Waals surface area contributed by atoms with E-state index in [-0.39, 0.29) is 18.6 Å². The van der Waals surface area contributed by atoms with E-state index in [9.17, 15) is 9.18 Å². The molecule has 0 saturated heterocycles. The number of hydrogen-bond acceptors (Lipinski definition) is 4. The smallest absolute Gasteiger partial charge is 0.252 e. The van der Waals surface area contributed by atoms with Crippen molar-refractivity contribution in [2.24, 2.45) is 0 Å². The number of nitrogens with zero attached hydrogens (tertiary/aromatic N) is 1. The molecule has 5 nitrogen and oxygen atoms in total. The van der Waals surface area contributed by atoms with E-state index in [4.69, 9.17) is 9.47 Å². The van der Waals surface area contributed by atoms with Crippen LogP contribution in [0, 0.1) is 12.7 Å². The van der Waals surface area contributed by atoms with E-state index in [1.54, 1.807) is 19.1 Å². The minimum Gasteiger partial charge on any atom is -0.486 e. The van der Waals surface area contributed by atoms with Crippen LogP contribution in [0.3, 0.4) is 0 Å². The molecule has 1 aromatic heterocycles. The minimum atomic E-state index is -0.405. The largest absolute Gasteiger partial charge is 0.486 e. The number of aryl methyl sites for hydroxylation is 1. The maximum absolute atomic E-state index is 13.6. The Bertz CT molecular complexity index is 990. The van der Waals surface area contributed by atoms with Crippen LogP contribution < -0.4 is 14.8 Å². The molecule has 0 aliphatic carbocycles. The van der Waals surface area contributed by atoms with Gasteiger partial charge < -0.3 is 14.8 Å². The SMILES string of the molecule is Cc1cc(C(=O)NCC2COc3ccccc3O2)c2cc(F)ccc2n1. The third-order valence-corrected chi connectivity index (χ3v) is 4.20. The fourth-order valence-electron chi connectivity index (χ4n) is 2.98. The Morgan fingerprint density at radius 2 is 2.04 bits per heavy atom. The molecule has 2 aromatic carbocycles. The van der Waals surface area contributed by atoms with Crippen molar-refractivity contribution in [2.75, 3.05) is 13.2 Å². The van der Waals surface area contributed by atoms with Gasteiger partial charge in [-0.25, -0.2) is 4.39 Å². The van der Waals surface area contributed by atoms with Crippen molar-refractivity contribution < 1.29 is 18.7 Å². The lowest BCUT2D eigenvalue weighted by molar-refractivity contribution is 0.0790. The zero-order valence-corrected chi connectivity index (χ0v) is 14.2. The molecule has 4 rings (SSSR count). The predicted molar refractivity (Wildman–Crippen MR) is 95.1 cm³/mol. The first-order valence-electron chi connectivity index (χ1n) is 8.34. The highest BCUT2D eigenvalue weighted by atomic mass is 19.1. The molecule has 2 heterocycles. The highest BCUT2D eigenvalue weighted by molar-refractivity contribution is 6.06. The molecule has 132 valence electrons. The summed E-state index contributed by atoms with van der Waals surface area (Å²) in [6.45, 7) is 2.43. The van der Waals surface area contributed by atoms with Crippen molar-refractivity contribution in [2.45, 2.75) is 13.0 Å². The number of nitrogens with one attached hydrogen (secondary N) is 1. The molecule has 0 radical (unpaired) electrons. The summed E-state index contributed by atoms with van der Waals surface area (Å²) >= 11 is 0. The normalized spacial score (nSPS) is 15.7.